The van der Waals surface area contributed by atoms with Crippen molar-refractivity contribution in [3.63, 3.8) is 0 Å². The maximum atomic E-state index is 15.6. The number of esters is 1. The highest BCUT2D eigenvalue weighted by atomic mass is 19.1. The number of primary amides is 1. The van der Waals surface area contributed by atoms with Crippen LogP contribution in [0.3, 0.4) is 0 Å². The molecule has 8 amide bonds. The molecule has 75 heavy (non-hydrogen) atoms. The van der Waals surface area contributed by atoms with E-state index < -0.39 is 96.0 Å². The van der Waals surface area contributed by atoms with Gasteiger partial charge < -0.3 is 46.3 Å². The summed E-state index contributed by atoms with van der Waals surface area (Å²) in [6.07, 6.45) is 4.54. The van der Waals surface area contributed by atoms with Crippen molar-refractivity contribution >= 4 is 64.1 Å². The maximum Gasteiger partial charge on any atom is 0.343 e. The number of hydrogen-bond acceptors (Lipinski definition) is 13. The van der Waals surface area contributed by atoms with Crippen LogP contribution in [0.1, 0.15) is 97.4 Å². The monoisotopic (exact) mass is 1030 g/mol. The summed E-state index contributed by atoms with van der Waals surface area (Å²) in [5, 5.41) is 22.7. The lowest BCUT2D eigenvalue weighted by Gasteiger charge is -2.32. The number of halogens is 1. The first-order valence-electron chi connectivity index (χ1n) is 24.9. The predicted octanol–water partition coefficient (Wildman–Crippen LogP) is 1.03. The molecular formula is C53H58FN9O12. The molecule has 0 spiro atoms. The van der Waals surface area contributed by atoms with Crippen LogP contribution < -0.4 is 32.6 Å². The lowest BCUT2D eigenvalue weighted by Crippen LogP contribution is -2.55. The average Bonchev–Trinajstić information content (AvgIpc) is 3.93. The first-order chi connectivity index (χ1) is 35.8. The topological polar surface area (TPSA) is 299 Å². The van der Waals surface area contributed by atoms with Crippen molar-refractivity contribution in [2.24, 2.45) is 11.7 Å². The quantitative estimate of drug-likeness (QED) is 0.0341. The number of benzene rings is 2. The Morgan fingerprint density at radius 2 is 1.65 bits per heavy atom. The van der Waals surface area contributed by atoms with Gasteiger partial charge in [-0.3, -0.25) is 48.1 Å². The fraction of sp³-hybridized carbons (Fsp3) is 0.415. The Bertz CT molecular complexity index is 3120. The summed E-state index contributed by atoms with van der Waals surface area (Å²) in [6, 6.07) is 9.53. The number of nitrogens with two attached hydrogens (primary N) is 1. The van der Waals surface area contributed by atoms with Gasteiger partial charge in [-0.05, 0) is 67.3 Å². The molecule has 4 aliphatic rings. The summed E-state index contributed by atoms with van der Waals surface area (Å²) >= 11 is 0. The number of aliphatic hydroxyl groups is 1. The average molecular weight is 1030 g/mol. The number of amides is 8. The van der Waals surface area contributed by atoms with Gasteiger partial charge in [0, 0.05) is 60.7 Å². The lowest BCUT2D eigenvalue weighted by molar-refractivity contribution is -0.172. The number of imide groups is 1. The zero-order chi connectivity index (χ0) is 53.9. The fourth-order valence-corrected chi connectivity index (χ4v) is 10.3. The number of ether oxygens (including phenoxy) is 1. The van der Waals surface area contributed by atoms with E-state index in [1.165, 1.54) is 22.8 Å². The Balaban J connectivity index is 0.944. The molecule has 1 aliphatic carbocycles. The van der Waals surface area contributed by atoms with Gasteiger partial charge in [-0.2, -0.15) is 0 Å². The molecule has 0 fully saturated rings. The summed E-state index contributed by atoms with van der Waals surface area (Å²) in [6.45, 7) is 2.74. The number of unbranched alkanes of at least 4 members (excludes halogenated alkanes) is 2. The second-order valence-corrected chi connectivity index (χ2v) is 19.3. The van der Waals surface area contributed by atoms with Gasteiger partial charge in [0.1, 0.15) is 18.5 Å². The Hall–Kier alpha value is -8.14. The summed E-state index contributed by atoms with van der Waals surface area (Å²) in [5.41, 5.74) is 7.13. The highest BCUT2D eigenvalue weighted by Crippen LogP contribution is 2.46. The van der Waals surface area contributed by atoms with Gasteiger partial charge in [-0.1, -0.05) is 50.6 Å². The third kappa shape index (κ3) is 11.1. The molecule has 0 unspecified atom stereocenters. The standard InChI is InChI=1S/C53H58FN9O12/c1-4-53(74)34-20-39-48-32(25-63(39)50(71)33(34)27-75-52(53)73)47-36(15-14-31-29(3)35(54)21-37(59-48)46(31)47)60-49(70)28(2)24-61(26-40(55)64)51(72)38(19-30-11-7-5-8-12-30)58-43(67)23-57-42(66)22-56-41(65)13-9-6-10-18-62-44(68)16-17-45(62)69/h5,7-8,11-12,16-17,20-21,28,36,38,74H,4,6,9-10,13-15,18-19,22-27H2,1-3H3,(H2,55,64)(H,56,65)(H,57,66)(H,58,67)(H,60,70)/t28-,36-,38-,53-/m0/s1. The van der Waals surface area contributed by atoms with Gasteiger partial charge in [0.2, 0.25) is 35.4 Å². The van der Waals surface area contributed by atoms with Gasteiger partial charge in [-0.15, -0.1) is 0 Å². The van der Waals surface area contributed by atoms with Gasteiger partial charge in [0.15, 0.2) is 5.60 Å². The molecule has 4 atom stereocenters. The largest absolute Gasteiger partial charge is 0.458 e. The van der Waals surface area contributed by atoms with Gasteiger partial charge in [-0.25, -0.2) is 14.2 Å². The number of hydrogen-bond donors (Lipinski definition) is 6. The molecule has 2 aromatic heterocycles. The number of nitrogens with one attached hydrogen (secondary N) is 4. The smallest absolute Gasteiger partial charge is 0.343 e. The van der Waals surface area contributed by atoms with Crippen molar-refractivity contribution in [1.82, 2.24) is 40.6 Å². The molecular weight excluding hydrogens is 974 g/mol. The maximum absolute atomic E-state index is 15.6. The second-order valence-electron chi connectivity index (χ2n) is 19.3. The van der Waals surface area contributed by atoms with Crippen LogP contribution in [-0.2, 0) is 79.5 Å². The number of rotatable bonds is 21. The minimum Gasteiger partial charge on any atom is -0.458 e. The highest BCUT2D eigenvalue weighted by Gasteiger charge is 2.46. The summed E-state index contributed by atoms with van der Waals surface area (Å²) in [4.78, 5) is 137. The van der Waals surface area contributed by atoms with E-state index in [2.05, 4.69) is 21.3 Å². The molecule has 21 nitrogen and oxygen atoms in total. The number of fused-ring (bicyclic) bond motifs is 5. The fourth-order valence-electron chi connectivity index (χ4n) is 10.3. The minimum absolute atomic E-state index is 0.0110. The van der Waals surface area contributed by atoms with Gasteiger partial charge in [0.05, 0.1) is 60.6 Å². The second kappa shape index (κ2) is 22.1. The van der Waals surface area contributed by atoms with Crippen LogP contribution in [0, 0.1) is 18.7 Å². The van der Waals surface area contributed by atoms with E-state index in [0.29, 0.717) is 76.7 Å². The number of carbonyl (C=O) groups excluding carboxylic acids is 9. The number of carbonyl (C=O) groups is 9. The van der Waals surface area contributed by atoms with E-state index in [-0.39, 0.29) is 74.0 Å². The van der Waals surface area contributed by atoms with Crippen molar-refractivity contribution in [1.29, 1.82) is 0 Å². The molecule has 8 rings (SSSR count). The van der Waals surface area contributed by atoms with Crippen molar-refractivity contribution in [2.45, 2.75) is 103 Å². The first-order valence-corrected chi connectivity index (χ1v) is 24.9. The third-order valence-electron chi connectivity index (χ3n) is 14.3. The molecule has 7 N–H and O–H groups in total. The lowest BCUT2D eigenvalue weighted by atomic mass is 9.81. The number of aromatic nitrogens is 2. The molecule has 2 aromatic carbocycles. The van der Waals surface area contributed by atoms with Crippen LogP contribution in [0.4, 0.5) is 4.39 Å². The molecule has 3 aliphatic heterocycles. The number of aryl methyl sites for hydroxylation is 1. The van der Waals surface area contributed by atoms with Crippen molar-refractivity contribution in [2.75, 3.05) is 32.7 Å². The van der Waals surface area contributed by atoms with Crippen LogP contribution in [0.25, 0.3) is 22.3 Å². The Kier molecular flexibility index (Phi) is 15.7. The van der Waals surface area contributed by atoms with Crippen LogP contribution in [0.5, 0.6) is 0 Å². The van der Waals surface area contributed by atoms with Crippen molar-refractivity contribution in [3.05, 3.63) is 110 Å². The summed E-state index contributed by atoms with van der Waals surface area (Å²) in [7, 11) is 0. The third-order valence-corrected chi connectivity index (χ3v) is 14.3. The zero-order valence-electron chi connectivity index (χ0n) is 41.7. The van der Waals surface area contributed by atoms with E-state index in [1.54, 1.807) is 57.2 Å². The van der Waals surface area contributed by atoms with E-state index >= 15 is 4.39 Å². The molecule has 4 aromatic rings. The van der Waals surface area contributed by atoms with E-state index in [1.807, 2.05) is 0 Å². The number of pyridine rings is 2. The molecule has 0 radical (unpaired) electrons. The number of cyclic esters (lactones) is 1. The van der Waals surface area contributed by atoms with E-state index in [0.717, 1.165) is 9.80 Å². The molecule has 0 saturated carbocycles. The molecule has 394 valence electrons. The van der Waals surface area contributed by atoms with Gasteiger partial charge in [0.25, 0.3) is 17.4 Å². The predicted molar refractivity (Wildman–Crippen MR) is 266 cm³/mol. The van der Waals surface area contributed by atoms with E-state index in [9.17, 15) is 53.1 Å². The Morgan fingerprint density at radius 3 is 2.36 bits per heavy atom. The Labute approximate surface area is 429 Å². The molecule has 0 saturated heterocycles. The summed E-state index contributed by atoms with van der Waals surface area (Å²) < 4.78 is 22.3. The molecule has 5 heterocycles. The summed E-state index contributed by atoms with van der Waals surface area (Å²) in [5.74, 6) is -7.17. The normalized spacial score (nSPS) is 17.9. The first kappa shape index (κ1) is 53.2. The van der Waals surface area contributed by atoms with Crippen molar-refractivity contribution < 1.29 is 57.4 Å². The minimum atomic E-state index is -2.08. The highest BCUT2D eigenvalue weighted by molar-refractivity contribution is 6.12. The van der Waals surface area contributed by atoms with Gasteiger partial charge >= 0.3 is 5.97 Å². The molecule has 0 bridgehead atoms. The van der Waals surface area contributed by atoms with Crippen molar-refractivity contribution in [3.8, 4) is 11.4 Å². The van der Waals surface area contributed by atoms with Crippen LogP contribution in [0.15, 0.2) is 59.4 Å². The SMILES string of the molecule is CC[C@@]1(O)C(=O)OCc2c1cc1n(c2=O)Cc2c-1nc1cc(F)c(C)c3c1c2[C@@H](NC(=O)[C@@H](C)CN(CC(N)=O)C(=O)[C@H](Cc1ccccc1)NC(=O)CNC(=O)CNC(=O)CCCCCN1C(=O)C=CC1=O)CC3. The zero-order valence-corrected chi connectivity index (χ0v) is 41.7. The number of nitrogens with zero attached hydrogens (tertiary/aromatic N) is 4. The Morgan fingerprint density at radius 1 is 0.947 bits per heavy atom. The molecule has 22 heteroatoms. The van der Waals surface area contributed by atoms with Crippen LogP contribution in [-0.4, -0.2) is 116 Å². The van der Waals surface area contributed by atoms with Crippen LogP contribution >= 0.6 is 0 Å². The van der Waals surface area contributed by atoms with E-state index in [4.69, 9.17) is 15.5 Å². The van der Waals surface area contributed by atoms with Crippen LogP contribution in [0.2, 0.25) is 0 Å².